The van der Waals surface area contributed by atoms with Gasteiger partial charge in [0.05, 0.1) is 18.9 Å². The molecule has 3 rings (SSSR count). The van der Waals surface area contributed by atoms with Gasteiger partial charge in [-0.15, -0.1) is 10.2 Å². The van der Waals surface area contributed by atoms with Gasteiger partial charge in [-0.3, -0.25) is 0 Å². The standard InChI is InChI=1S/C18H23N5O3S/c1-11(19-17(24)26-18(2,3)4)15-20-21-16-23(15)22-14(10-27-16)12-6-8-13(25-5)9-7-12/h6-9,11H,10H2,1-5H3,(H,19,24). The number of nitrogens with zero attached hydrogens (tertiary/aromatic N) is 4. The molecule has 1 aliphatic rings. The van der Waals surface area contributed by atoms with Crippen molar-refractivity contribution in [3.05, 3.63) is 35.7 Å². The molecule has 0 radical (unpaired) electrons. The summed E-state index contributed by atoms with van der Waals surface area (Å²) in [6, 6.07) is 7.33. The molecule has 0 fully saturated rings. The highest BCUT2D eigenvalue weighted by Gasteiger charge is 2.25. The van der Waals surface area contributed by atoms with E-state index in [0.29, 0.717) is 16.7 Å². The van der Waals surface area contributed by atoms with Gasteiger partial charge in [0.2, 0.25) is 5.16 Å². The lowest BCUT2D eigenvalue weighted by Gasteiger charge is -2.22. The first-order valence-corrected chi connectivity index (χ1v) is 9.55. The van der Waals surface area contributed by atoms with Crippen molar-refractivity contribution in [2.45, 2.75) is 44.5 Å². The van der Waals surface area contributed by atoms with Gasteiger partial charge in [-0.1, -0.05) is 11.8 Å². The molecule has 0 saturated heterocycles. The molecule has 27 heavy (non-hydrogen) atoms. The third-order valence-corrected chi connectivity index (χ3v) is 4.67. The second kappa shape index (κ2) is 7.59. The van der Waals surface area contributed by atoms with Crippen LogP contribution in [0.25, 0.3) is 0 Å². The van der Waals surface area contributed by atoms with Crippen molar-refractivity contribution in [3.8, 4) is 5.75 Å². The van der Waals surface area contributed by atoms with Crippen molar-refractivity contribution in [1.29, 1.82) is 0 Å². The summed E-state index contributed by atoms with van der Waals surface area (Å²) in [7, 11) is 1.64. The first-order chi connectivity index (χ1) is 12.8. The Morgan fingerprint density at radius 3 is 2.59 bits per heavy atom. The molecule has 144 valence electrons. The third-order valence-electron chi connectivity index (χ3n) is 3.74. The van der Waals surface area contributed by atoms with Gasteiger partial charge in [0.1, 0.15) is 11.4 Å². The van der Waals surface area contributed by atoms with E-state index in [9.17, 15) is 4.79 Å². The lowest BCUT2D eigenvalue weighted by Crippen LogP contribution is -2.35. The highest BCUT2D eigenvalue weighted by atomic mass is 32.2. The SMILES string of the molecule is COc1ccc(C2=Nn3c(nnc3C(C)NC(=O)OC(C)(C)C)SC2)cc1. The molecule has 1 atom stereocenters. The predicted octanol–water partition coefficient (Wildman–Crippen LogP) is 3.23. The van der Waals surface area contributed by atoms with Crippen LogP contribution in [0.5, 0.6) is 5.75 Å². The molecule has 0 bridgehead atoms. The molecule has 0 aliphatic carbocycles. The zero-order chi connectivity index (χ0) is 19.6. The summed E-state index contributed by atoms with van der Waals surface area (Å²) < 4.78 is 12.2. The fraction of sp³-hybridized carbons (Fsp3) is 0.444. The number of carbonyl (C=O) groups is 1. The molecule has 1 aromatic carbocycles. The van der Waals surface area contributed by atoms with Crippen molar-refractivity contribution in [2.75, 3.05) is 12.9 Å². The van der Waals surface area contributed by atoms with Crippen molar-refractivity contribution in [1.82, 2.24) is 20.2 Å². The zero-order valence-corrected chi connectivity index (χ0v) is 16.8. The van der Waals surface area contributed by atoms with Crippen LogP contribution in [0.2, 0.25) is 0 Å². The largest absolute Gasteiger partial charge is 0.497 e. The number of benzene rings is 1. The Labute approximate surface area is 162 Å². The lowest BCUT2D eigenvalue weighted by molar-refractivity contribution is 0.0505. The van der Waals surface area contributed by atoms with Crippen molar-refractivity contribution in [3.63, 3.8) is 0 Å². The molecule has 1 aliphatic heterocycles. The summed E-state index contributed by atoms with van der Waals surface area (Å²) in [5.41, 5.74) is 1.34. The van der Waals surface area contributed by atoms with E-state index in [1.807, 2.05) is 52.0 Å². The Kier molecular flexibility index (Phi) is 5.41. The lowest BCUT2D eigenvalue weighted by atomic mass is 10.1. The summed E-state index contributed by atoms with van der Waals surface area (Å²) in [6.07, 6.45) is -0.504. The summed E-state index contributed by atoms with van der Waals surface area (Å²) in [5.74, 6) is 2.04. The molecule has 1 N–H and O–H groups in total. The second-order valence-electron chi connectivity index (χ2n) is 7.08. The van der Waals surface area contributed by atoms with Gasteiger partial charge in [-0.05, 0) is 57.5 Å². The van der Waals surface area contributed by atoms with Crippen LogP contribution in [0, 0.1) is 0 Å². The number of rotatable bonds is 4. The topological polar surface area (TPSA) is 90.6 Å². The van der Waals surface area contributed by atoms with E-state index in [0.717, 1.165) is 17.0 Å². The number of hydrogen-bond donors (Lipinski definition) is 1. The van der Waals surface area contributed by atoms with Crippen LogP contribution < -0.4 is 10.1 Å². The van der Waals surface area contributed by atoms with Gasteiger partial charge in [0.15, 0.2) is 5.82 Å². The molecule has 1 amide bonds. The first kappa shape index (κ1) is 19.2. The van der Waals surface area contributed by atoms with Crippen LogP contribution in [0.4, 0.5) is 4.79 Å². The van der Waals surface area contributed by atoms with Gasteiger partial charge in [0, 0.05) is 5.75 Å². The quantitative estimate of drug-likeness (QED) is 0.863. The number of ether oxygens (including phenoxy) is 2. The van der Waals surface area contributed by atoms with Crippen molar-refractivity contribution >= 4 is 23.6 Å². The van der Waals surface area contributed by atoms with E-state index in [4.69, 9.17) is 9.47 Å². The van der Waals surface area contributed by atoms with E-state index in [-0.39, 0.29) is 0 Å². The van der Waals surface area contributed by atoms with Crippen LogP contribution in [0.15, 0.2) is 34.5 Å². The van der Waals surface area contributed by atoms with Gasteiger partial charge >= 0.3 is 6.09 Å². The minimum absolute atomic E-state index is 0.402. The number of amides is 1. The molecule has 0 saturated carbocycles. The summed E-state index contributed by atoms with van der Waals surface area (Å²) >= 11 is 1.55. The van der Waals surface area contributed by atoms with Crippen LogP contribution in [-0.4, -0.2) is 45.1 Å². The molecule has 2 aromatic rings. The van der Waals surface area contributed by atoms with E-state index in [1.54, 1.807) is 23.5 Å². The number of methoxy groups -OCH3 is 1. The van der Waals surface area contributed by atoms with Crippen LogP contribution >= 0.6 is 11.8 Å². The molecule has 2 heterocycles. The average Bonchev–Trinajstić information content (AvgIpc) is 3.03. The van der Waals surface area contributed by atoms with Gasteiger partial charge in [-0.25, -0.2) is 4.79 Å². The number of nitrogens with one attached hydrogen (secondary N) is 1. The minimum atomic E-state index is -0.566. The maximum absolute atomic E-state index is 12.0. The first-order valence-electron chi connectivity index (χ1n) is 8.57. The Balaban J connectivity index is 1.81. The second-order valence-corrected chi connectivity index (χ2v) is 8.03. The van der Waals surface area contributed by atoms with E-state index in [1.165, 1.54) is 0 Å². The Morgan fingerprint density at radius 1 is 1.26 bits per heavy atom. The van der Waals surface area contributed by atoms with Crippen LogP contribution in [0.1, 0.15) is 45.1 Å². The van der Waals surface area contributed by atoms with Crippen LogP contribution in [0.3, 0.4) is 0 Å². The van der Waals surface area contributed by atoms with Crippen LogP contribution in [-0.2, 0) is 4.74 Å². The average molecular weight is 389 g/mol. The highest BCUT2D eigenvalue weighted by molar-refractivity contribution is 7.99. The minimum Gasteiger partial charge on any atom is -0.497 e. The fourth-order valence-electron chi connectivity index (χ4n) is 2.49. The third kappa shape index (κ3) is 4.60. The molecule has 8 nitrogen and oxygen atoms in total. The molecular weight excluding hydrogens is 366 g/mol. The Hall–Kier alpha value is -2.55. The fourth-order valence-corrected chi connectivity index (χ4v) is 3.33. The van der Waals surface area contributed by atoms with E-state index >= 15 is 0 Å². The monoisotopic (exact) mass is 389 g/mol. The molecular formula is C18H23N5O3S. The Bertz CT molecular complexity index is 855. The maximum atomic E-state index is 12.0. The maximum Gasteiger partial charge on any atom is 0.408 e. The number of hydrogen-bond acceptors (Lipinski definition) is 7. The highest BCUT2D eigenvalue weighted by Crippen LogP contribution is 2.27. The molecule has 1 unspecified atom stereocenters. The number of fused-ring (bicyclic) bond motifs is 1. The molecule has 9 heteroatoms. The number of thioether (sulfide) groups is 1. The Morgan fingerprint density at radius 2 is 1.96 bits per heavy atom. The van der Waals surface area contributed by atoms with Gasteiger partial charge < -0.3 is 14.8 Å². The van der Waals surface area contributed by atoms with Crippen molar-refractivity contribution < 1.29 is 14.3 Å². The summed E-state index contributed by atoms with van der Waals surface area (Å²) in [6.45, 7) is 7.28. The number of alkyl carbamates (subject to hydrolysis) is 1. The summed E-state index contributed by atoms with van der Waals surface area (Å²) in [5, 5.41) is 16.5. The van der Waals surface area contributed by atoms with Gasteiger partial charge in [-0.2, -0.15) is 9.78 Å². The number of aromatic nitrogens is 3. The van der Waals surface area contributed by atoms with Gasteiger partial charge in [0.25, 0.3) is 0 Å². The summed E-state index contributed by atoms with van der Waals surface area (Å²) in [4.78, 5) is 12.0. The van der Waals surface area contributed by atoms with E-state index in [2.05, 4.69) is 20.6 Å². The van der Waals surface area contributed by atoms with Crippen molar-refractivity contribution in [2.24, 2.45) is 5.10 Å². The number of carbonyl (C=O) groups excluding carboxylic acids is 1. The van der Waals surface area contributed by atoms with E-state index < -0.39 is 17.7 Å². The normalized spacial score (nSPS) is 14.8. The predicted molar refractivity (Wildman–Crippen MR) is 103 cm³/mol. The smallest absolute Gasteiger partial charge is 0.408 e. The molecule has 1 aromatic heterocycles. The molecule has 0 spiro atoms. The zero-order valence-electron chi connectivity index (χ0n) is 16.0.